The third-order valence-corrected chi connectivity index (χ3v) is 6.33. The summed E-state index contributed by atoms with van der Waals surface area (Å²) in [6, 6.07) is 13.8. The molecule has 8 nitrogen and oxygen atoms in total. The molecule has 0 saturated heterocycles. The van der Waals surface area contributed by atoms with Crippen LogP contribution in [0, 0.1) is 6.92 Å². The minimum absolute atomic E-state index is 0.207. The molecule has 2 aromatic carbocycles. The second kappa shape index (κ2) is 9.91. The molecule has 0 aliphatic rings. The summed E-state index contributed by atoms with van der Waals surface area (Å²) in [7, 11) is -3.29. The molecule has 4 rings (SSSR count). The fraction of sp³-hybridized carbons (Fsp3) is 0.333. The number of ether oxygens (including phenoxy) is 3. The van der Waals surface area contributed by atoms with E-state index in [0.29, 0.717) is 35.3 Å². The number of hydrogen-bond donors (Lipinski definition) is 1. The molecule has 190 valence electrons. The maximum absolute atomic E-state index is 11.8. The quantitative estimate of drug-likeness (QED) is 0.324. The molecule has 0 aliphatic carbocycles. The minimum Gasteiger partial charge on any atom is -0.488 e. The number of H-pyrrole nitrogens is 1. The summed E-state index contributed by atoms with van der Waals surface area (Å²) in [5.74, 6) is 2.23. The van der Waals surface area contributed by atoms with E-state index in [-0.39, 0.29) is 16.6 Å². The van der Waals surface area contributed by atoms with Crippen molar-refractivity contribution in [3.63, 3.8) is 0 Å². The topological polar surface area (TPSA) is 103 Å². The summed E-state index contributed by atoms with van der Waals surface area (Å²) in [4.78, 5) is 12.6. The van der Waals surface area contributed by atoms with Crippen molar-refractivity contribution in [3.8, 4) is 28.6 Å². The van der Waals surface area contributed by atoms with Crippen LogP contribution in [0.3, 0.4) is 0 Å². The molecule has 2 aromatic heterocycles. The van der Waals surface area contributed by atoms with Gasteiger partial charge in [0.2, 0.25) is 0 Å². The van der Waals surface area contributed by atoms with Crippen molar-refractivity contribution in [3.05, 3.63) is 60.3 Å². The molecule has 0 bridgehead atoms. The Morgan fingerprint density at radius 2 is 1.69 bits per heavy atom. The SMILES string of the molecule is Cc1cnc2nc(-c3cc(Oc4ccc(S(C)(=O)=O)cc4)cc(O[C@@H](C)COC(C)(C)C)c3)[nH]c2c1. The number of rotatable bonds is 8. The number of sulfone groups is 1. The lowest BCUT2D eigenvalue weighted by atomic mass is 10.2. The van der Waals surface area contributed by atoms with Gasteiger partial charge in [-0.1, -0.05) is 0 Å². The number of nitrogens with one attached hydrogen (secondary N) is 1. The molecule has 0 fully saturated rings. The molecule has 4 aromatic rings. The van der Waals surface area contributed by atoms with Crippen LogP contribution < -0.4 is 9.47 Å². The molecule has 0 saturated carbocycles. The highest BCUT2D eigenvalue weighted by molar-refractivity contribution is 7.90. The molecular weight excluding hydrogens is 478 g/mol. The normalized spacial score (nSPS) is 13.1. The van der Waals surface area contributed by atoms with E-state index in [9.17, 15) is 8.42 Å². The maximum atomic E-state index is 11.8. The zero-order valence-corrected chi connectivity index (χ0v) is 22.1. The van der Waals surface area contributed by atoms with Gasteiger partial charge in [-0.3, -0.25) is 0 Å². The van der Waals surface area contributed by atoms with Crippen molar-refractivity contribution in [1.82, 2.24) is 15.0 Å². The predicted molar refractivity (Wildman–Crippen MR) is 139 cm³/mol. The van der Waals surface area contributed by atoms with Crippen LogP contribution in [0.2, 0.25) is 0 Å². The van der Waals surface area contributed by atoms with E-state index in [1.54, 1.807) is 24.4 Å². The Bertz CT molecular complexity index is 1470. The zero-order chi connectivity index (χ0) is 26.1. The summed E-state index contributed by atoms with van der Waals surface area (Å²) in [5.41, 5.74) is 2.97. The van der Waals surface area contributed by atoms with E-state index in [2.05, 4.69) is 15.0 Å². The van der Waals surface area contributed by atoms with Crippen LogP contribution >= 0.6 is 0 Å². The maximum Gasteiger partial charge on any atom is 0.178 e. The van der Waals surface area contributed by atoms with Crippen LogP contribution in [0.15, 0.2) is 59.6 Å². The number of benzene rings is 2. The highest BCUT2D eigenvalue weighted by Gasteiger charge is 2.16. The van der Waals surface area contributed by atoms with Crippen LogP contribution in [0.25, 0.3) is 22.6 Å². The lowest BCUT2D eigenvalue weighted by Crippen LogP contribution is -2.27. The zero-order valence-electron chi connectivity index (χ0n) is 21.3. The van der Waals surface area contributed by atoms with Gasteiger partial charge < -0.3 is 19.2 Å². The Morgan fingerprint density at radius 3 is 2.36 bits per heavy atom. The molecule has 9 heteroatoms. The first-order valence-corrected chi connectivity index (χ1v) is 13.5. The summed E-state index contributed by atoms with van der Waals surface area (Å²) in [5, 5.41) is 0. The number of fused-ring (bicyclic) bond motifs is 1. The monoisotopic (exact) mass is 509 g/mol. The van der Waals surface area contributed by atoms with Crippen LogP contribution in [0.1, 0.15) is 33.3 Å². The van der Waals surface area contributed by atoms with Crippen molar-refractivity contribution in [2.75, 3.05) is 12.9 Å². The molecule has 2 heterocycles. The number of aromatic amines is 1. The third-order valence-electron chi connectivity index (χ3n) is 5.20. The lowest BCUT2D eigenvalue weighted by Gasteiger charge is -2.23. The first kappa shape index (κ1) is 25.7. The van der Waals surface area contributed by atoms with Crippen LogP contribution in [0.5, 0.6) is 17.2 Å². The molecule has 36 heavy (non-hydrogen) atoms. The summed E-state index contributed by atoms with van der Waals surface area (Å²) < 4.78 is 41.7. The van der Waals surface area contributed by atoms with Crippen LogP contribution in [-0.2, 0) is 14.6 Å². The van der Waals surface area contributed by atoms with Crippen molar-refractivity contribution < 1.29 is 22.6 Å². The minimum atomic E-state index is -3.29. The standard InChI is InChI=1S/C27H31N3O5S/c1-17-11-24-26(28-15-17)30-25(29-24)19-12-21(34-18(2)16-33-27(3,4)5)14-22(13-19)35-20-7-9-23(10-8-20)36(6,31)32/h7-15,18H,16H2,1-6H3,(H,28,29,30)/t18-/m0/s1. The lowest BCUT2D eigenvalue weighted by molar-refractivity contribution is -0.0374. The van der Waals surface area contributed by atoms with Crippen molar-refractivity contribution >= 4 is 21.0 Å². The van der Waals surface area contributed by atoms with E-state index >= 15 is 0 Å². The Labute approximate surface area is 211 Å². The average molecular weight is 510 g/mol. The van der Waals surface area contributed by atoms with Gasteiger partial charge in [-0.2, -0.15) is 0 Å². The molecular formula is C27H31N3O5S. The molecule has 0 aliphatic heterocycles. The Morgan fingerprint density at radius 1 is 1.00 bits per heavy atom. The Hall–Kier alpha value is -3.43. The van der Waals surface area contributed by atoms with Gasteiger partial charge in [0.05, 0.1) is 22.6 Å². The van der Waals surface area contributed by atoms with Gasteiger partial charge in [-0.05, 0) is 82.6 Å². The van der Waals surface area contributed by atoms with Crippen molar-refractivity contribution in [2.45, 2.75) is 51.2 Å². The number of pyridine rings is 1. The van der Waals surface area contributed by atoms with E-state index in [4.69, 9.17) is 14.2 Å². The average Bonchev–Trinajstić information content (AvgIpc) is 3.20. The fourth-order valence-corrected chi connectivity index (χ4v) is 4.13. The van der Waals surface area contributed by atoms with Gasteiger partial charge in [-0.15, -0.1) is 0 Å². The number of aromatic nitrogens is 3. The third kappa shape index (κ3) is 6.61. The van der Waals surface area contributed by atoms with E-state index < -0.39 is 9.84 Å². The first-order valence-electron chi connectivity index (χ1n) is 11.6. The van der Waals surface area contributed by atoms with Gasteiger partial charge >= 0.3 is 0 Å². The summed E-state index contributed by atoms with van der Waals surface area (Å²) in [6.45, 7) is 10.3. The largest absolute Gasteiger partial charge is 0.488 e. The van der Waals surface area contributed by atoms with Gasteiger partial charge in [-0.25, -0.2) is 18.4 Å². The number of imidazole rings is 1. The molecule has 1 N–H and O–H groups in total. The smallest absolute Gasteiger partial charge is 0.178 e. The van der Waals surface area contributed by atoms with Crippen molar-refractivity contribution in [1.29, 1.82) is 0 Å². The second-order valence-corrected chi connectivity index (χ2v) is 11.9. The van der Waals surface area contributed by atoms with Gasteiger partial charge in [0.25, 0.3) is 0 Å². The molecule has 0 amide bonds. The van der Waals surface area contributed by atoms with Crippen LogP contribution in [0.4, 0.5) is 0 Å². The molecule has 0 unspecified atom stereocenters. The second-order valence-electron chi connectivity index (χ2n) is 9.86. The number of nitrogens with zero attached hydrogens (tertiary/aromatic N) is 2. The van der Waals surface area contributed by atoms with E-state index in [0.717, 1.165) is 16.6 Å². The van der Waals surface area contributed by atoms with E-state index in [1.807, 2.05) is 52.8 Å². The van der Waals surface area contributed by atoms with Gasteiger partial charge in [0.1, 0.15) is 29.2 Å². The fourth-order valence-electron chi connectivity index (χ4n) is 3.50. The van der Waals surface area contributed by atoms with Crippen molar-refractivity contribution in [2.24, 2.45) is 0 Å². The number of hydrogen-bond acceptors (Lipinski definition) is 7. The Balaban J connectivity index is 1.66. The highest BCUT2D eigenvalue weighted by Crippen LogP contribution is 2.33. The van der Waals surface area contributed by atoms with Gasteiger partial charge in [0, 0.05) is 24.1 Å². The molecule has 1 atom stereocenters. The molecule has 0 spiro atoms. The first-order chi connectivity index (χ1) is 16.9. The van der Waals surface area contributed by atoms with E-state index in [1.165, 1.54) is 18.4 Å². The van der Waals surface area contributed by atoms with Gasteiger partial charge in [0.15, 0.2) is 15.5 Å². The Kier molecular flexibility index (Phi) is 7.06. The van der Waals surface area contributed by atoms with Crippen LogP contribution in [-0.4, -0.2) is 47.9 Å². The highest BCUT2D eigenvalue weighted by atomic mass is 32.2. The summed E-state index contributed by atoms with van der Waals surface area (Å²) >= 11 is 0. The predicted octanol–water partition coefficient (Wildman–Crippen LogP) is 5.71. The number of aryl methyl sites for hydroxylation is 1. The molecule has 0 radical (unpaired) electrons. The summed E-state index contributed by atoms with van der Waals surface area (Å²) in [6.07, 6.45) is 2.74.